The number of ether oxygens (including phenoxy) is 2. The van der Waals surface area contributed by atoms with Gasteiger partial charge in [0.15, 0.2) is 0 Å². The average molecular weight is 302 g/mol. The van der Waals surface area contributed by atoms with Crippen LogP contribution in [0, 0.1) is 29.6 Å². The number of methoxy groups -OCH3 is 1. The summed E-state index contributed by atoms with van der Waals surface area (Å²) >= 11 is 0. The highest BCUT2D eigenvalue weighted by Gasteiger charge is 2.57. The number of fused-ring (bicyclic) bond motifs is 2. The summed E-state index contributed by atoms with van der Waals surface area (Å²) in [7, 11) is 1.39. The molecule has 0 N–H and O–H groups in total. The number of carbonyl (C=O) groups excluding carboxylic acids is 2. The molecule has 0 aliphatic heterocycles. The average Bonchev–Trinajstić information content (AvgIpc) is 3.09. The maximum atomic E-state index is 12.5. The van der Waals surface area contributed by atoms with Crippen molar-refractivity contribution in [3.63, 3.8) is 0 Å². The van der Waals surface area contributed by atoms with Crippen molar-refractivity contribution in [3.05, 3.63) is 35.9 Å². The minimum atomic E-state index is -0.336. The number of hydrogen-bond donors (Lipinski definition) is 0. The molecule has 3 rings (SSSR count). The van der Waals surface area contributed by atoms with E-state index in [0.717, 1.165) is 18.4 Å². The lowest BCUT2D eigenvalue weighted by molar-refractivity contribution is -0.163. The molecule has 0 heterocycles. The van der Waals surface area contributed by atoms with Gasteiger partial charge in [-0.05, 0) is 36.2 Å². The summed E-state index contributed by atoms with van der Waals surface area (Å²) in [4.78, 5) is 24.6. The van der Waals surface area contributed by atoms with Gasteiger partial charge in [-0.3, -0.25) is 9.59 Å². The van der Waals surface area contributed by atoms with Crippen molar-refractivity contribution in [2.45, 2.75) is 26.4 Å². The highest BCUT2D eigenvalue weighted by Crippen LogP contribution is 2.55. The van der Waals surface area contributed by atoms with Crippen LogP contribution >= 0.6 is 0 Å². The molecule has 0 radical (unpaired) electrons. The number of esters is 2. The minimum Gasteiger partial charge on any atom is -0.469 e. The van der Waals surface area contributed by atoms with Crippen LogP contribution < -0.4 is 0 Å². The molecule has 0 aromatic heterocycles. The molecule has 2 aliphatic rings. The smallest absolute Gasteiger partial charge is 0.310 e. The third-order valence-electron chi connectivity index (χ3n) is 5.31. The number of carbonyl (C=O) groups is 2. The van der Waals surface area contributed by atoms with Gasteiger partial charge in [0, 0.05) is 0 Å². The van der Waals surface area contributed by atoms with Crippen LogP contribution in [0.3, 0.4) is 0 Å². The van der Waals surface area contributed by atoms with Gasteiger partial charge in [0.2, 0.25) is 0 Å². The van der Waals surface area contributed by atoms with Gasteiger partial charge in [-0.25, -0.2) is 0 Å². The van der Waals surface area contributed by atoms with Crippen LogP contribution in [0.5, 0.6) is 0 Å². The third kappa shape index (κ3) is 2.62. The molecular formula is C18H22O4. The van der Waals surface area contributed by atoms with Crippen LogP contribution in [0.4, 0.5) is 0 Å². The predicted molar refractivity (Wildman–Crippen MR) is 80.6 cm³/mol. The Bertz CT molecular complexity index is 553. The maximum absolute atomic E-state index is 12.5. The summed E-state index contributed by atoms with van der Waals surface area (Å²) in [5, 5.41) is 0. The van der Waals surface area contributed by atoms with E-state index >= 15 is 0 Å². The summed E-state index contributed by atoms with van der Waals surface area (Å²) in [6.45, 7) is 2.42. The van der Waals surface area contributed by atoms with E-state index in [9.17, 15) is 9.59 Å². The van der Waals surface area contributed by atoms with E-state index in [2.05, 4.69) is 6.92 Å². The highest BCUT2D eigenvalue weighted by molar-refractivity contribution is 5.83. The topological polar surface area (TPSA) is 52.6 Å². The molecule has 0 spiro atoms. The van der Waals surface area contributed by atoms with Crippen LogP contribution in [0.25, 0.3) is 0 Å². The van der Waals surface area contributed by atoms with Gasteiger partial charge in [0.1, 0.15) is 6.61 Å². The minimum absolute atomic E-state index is 0.251. The zero-order valence-corrected chi connectivity index (χ0v) is 13.0. The van der Waals surface area contributed by atoms with Gasteiger partial charge < -0.3 is 9.47 Å². The van der Waals surface area contributed by atoms with Gasteiger partial charge in [-0.15, -0.1) is 0 Å². The maximum Gasteiger partial charge on any atom is 0.310 e. The Morgan fingerprint density at radius 1 is 1.09 bits per heavy atom. The van der Waals surface area contributed by atoms with Gasteiger partial charge in [0.25, 0.3) is 0 Å². The number of hydrogen-bond acceptors (Lipinski definition) is 4. The largest absolute Gasteiger partial charge is 0.469 e. The molecule has 2 bridgehead atoms. The Morgan fingerprint density at radius 3 is 2.50 bits per heavy atom. The molecule has 118 valence electrons. The van der Waals surface area contributed by atoms with Crippen LogP contribution in [0.2, 0.25) is 0 Å². The molecule has 1 aromatic rings. The molecule has 1 aromatic carbocycles. The van der Waals surface area contributed by atoms with E-state index in [4.69, 9.17) is 9.47 Å². The van der Waals surface area contributed by atoms with E-state index in [1.165, 1.54) is 7.11 Å². The second-order valence-corrected chi connectivity index (χ2v) is 6.54. The first-order chi connectivity index (χ1) is 10.6. The summed E-state index contributed by atoms with van der Waals surface area (Å²) in [6, 6.07) is 9.61. The van der Waals surface area contributed by atoms with Crippen molar-refractivity contribution in [1.29, 1.82) is 0 Å². The number of benzene rings is 1. The third-order valence-corrected chi connectivity index (χ3v) is 5.31. The molecule has 2 unspecified atom stereocenters. The molecule has 4 nitrogen and oxygen atoms in total. The summed E-state index contributed by atoms with van der Waals surface area (Å²) in [6.07, 6.45) is 1.94. The normalized spacial score (nSPS) is 32.7. The first-order valence-electron chi connectivity index (χ1n) is 7.90. The molecule has 22 heavy (non-hydrogen) atoms. The fourth-order valence-electron chi connectivity index (χ4n) is 4.31. The predicted octanol–water partition coefficient (Wildman–Crippen LogP) is 2.81. The highest BCUT2D eigenvalue weighted by atomic mass is 16.5. The summed E-state index contributed by atoms with van der Waals surface area (Å²) < 4.78 is 10.4. The van der Waals surface area contributed by atoms with Crippen molar-refractivity contribution in [2.24, 2.45) is 29.6 Å². The SMILES string of the molecule is COC(=O)[C@@H]1C2CC(C[C@@H]2C)[C@@H]1C(=O)OCc1ccccc1. The molecule has 2 aliphatic carbocycles. The lowest BCUT2D eigenvalue weighted by Gasteiger charge is -2.31. The lowest BCUT2D eigenvalue weighted by atomic mass is 9.74. The first kappa shape index (κ1) is 15.1. The zero-order valence-electron chi connectivity index (χ0n) is 13.0. The zero-order chi connectivity index (χ0) is 15.7. The van der Waals surface area contributed by atoms with Crippen LogP contribution in [0.1, 0.15) is 25.3 Å². The van der Waals surface area contributed by atoms with Gasteiger partial charge >= 0.3 is 11.9 Å². The lowest BCUT2D eigenvalue weighted by Crippen LogP contribution is -2.38. The van der Waals surface area contributed by atoms with Crippen LogP contribution in [0.15, 0.2) is 30.3 Å². The van der Waals surface area contributed by atoms with E-state index < -0.39 is 0 Å². The quantitative estimate of drug-likeness (QED) is 0.803. The Labute approximate surface area is 130 Å². The Hall–Kier alpha value is -1.84. The van der Waals surface area contributed by atoms with Gasteiger partial charge in [0.05, 0.1) is 18.9 Å². The summed E-state index contributed by atoms with van der Waals surface area (Å²) in [5.74, 6) is -0.190. The summed E-state index contributed by atoms with van der Waals surface area (Å²) in [5.41, 5.74) is 0.960. The monoisotopic (exact) mass is 302 g/mol. The molecule has 4 heteroatoms. The van der Waals surface area contributed by atoms with Crippen molar-refractivity contribution >= 4 is 11.9 Å². The Balaban J connectivity index is 1.69. The van der Waals surface area contributed by atoms with Crippen molar-refractivity contribution in [1.82, 2.24) is 0 Å². The molecule has 0 saturated heterocycles. The fraction of sp³-hybridized carbons (Fsp3) is 0.556. The van der Waals surface area contributed by atoms with Gasteiger partial charge in [-0.2, -0.15) is 0 Å². The van der Waals surface area contributed by atoms with E-state index in [-0.39, 0.29) is 42.2 Å². The first-order valence-corrected chi connectivity index (χ1v) is 7.90. The van der Waals surface area contributed by atoms with Crippen molar-refractivity contribution in [2.75, 3.05) is 7.11 Å². The van der Waals surface area contributed by atoms with Crippen LogP contribution in [-0.2, 0) is 25.7 Å². The second kappa shape index (κ2) is 6.11. The van der Waals surface area contributed by atoms with E-state index in [0.29, 0.717) is 5.92 Å². The van der Waals surface area contributed by atoms with Crippen LogP contribution in [-0.4, -0.2) is 19.0 Å². The van der Waals surface area contributed by atoms with Crippen molar-refractivity contribution < 1.29 is 19.1 Å². The molecule has 2 saturated carbocycles. The van der Waals surface area contributed by atoms with Gasteiger partial charge in [-0.1, -0.05) is 37.3 Å². The molecule has 2 fully saturated rings. The molecular weight excluding hydrogens is 280 g/mol. The Kier molecular flexibility index (Phi) is 4.19. The van der Waals surface area contributed by atoms with E-state index in [1.54, 1.807) is 0 Å². The van der Waals surface area contributed by atoms with Crippen molar-refractivity contribution in [3.8, 4) is 0 Å². The Morgan fingerprint density at radius 2 is 1.82 bits per heavy atom. The number of rotatable bonds is 4. The molecule has 5 atom stereocenters. The standard InChI is InChI=1S/C18H22O4/c1-11-8-13-9-14(11)16(17(19)21-2)15(13)18(20)22-10-12-6-4-3-5-7-12/h3-7,11,13-16H,8-10H2,1-2H3/t11-,13?,14?,15-,16+/m0/s1. The van der Waals surface area contributed by atoms with E-state index in [1.807, 2.05) is 30.3 Å². The second-order valence-electron chi connectivity index (χ2n) is 6.54. The molecule has 0 amide bonds. The fourth-order valence-corrected chi connectivity index (χ4v) is 4.31.